The SMILES string of the molecule is CC12CCSC1(C)OO2. The van der Waals surface area contributed by atoms with Gasteiger partial charge in [0.05, 0.1) is 0 Å². The molecular weight excluding hydrogens is 136 g/mol. The van der Waals surface area contributed by atoms with E-state index in [4.69, 9.17) is 9.78 Å². The van der Waals surface area contributed by atoms with Crippen molar-refractivity contribution in [3.05, 3.63) is 0 Å². The van der Waals surface area contributed by atoms with E-state index in [0.29, 0.717) is 0 Å². The lowest BCUT2D eigenvalue weighted by Gasteiger charge is -2.47. The molecule has 0 aromatic carbocycles. The molecule has 0 N–H and O–H groups in total. The minimum atomic E-state index is -0.0347. The second-order valence-corrected chi connectivity index (χ2v) is 4.42. The minimum Gasteiger partial charge on any atom is -0.225 e. The van der Waals surface area contributed by atoms with E-state index in [1.54, 1.807) is 0 Å². The summed E-state index contributed by atoms with van der Waals surface area (Å²) in [7, 11) is 0. The lowest BCUT2D eigenvalue weighted by atomic mass is 9.96. The molecule has 2 aliphatic heterocycles. The molecule has 2 atom stereocenters. The Labute approximate surface area is 58.8 Å². The van der Waals surface area contributed by atoms with Gasteiger partial charge in [-0.2, -0.15) is 0 Å². The van der Waals surface area contributed by atoms with Crippen LogP contribution in [0.2, 0.25) is 0 Å². The lowest BCUT2D eigenvalue weighted by molar-refractivity contribution is -0.512. The van der Waals surface area contributed by atoms with Crippen molar-refractivity contribution in [2.45, 2.75) is 30.8 Å². The second-order valence-electron chi connectivity index (χ2n) is 2.94. The van der Waals surface area contributed by atoms with Crippen molar-refractivity contribution in [1.82, 2.24) is 0 Å². The van der Waals surface area contributed by atoms with Crippen molar-refractivity contribution in [3.63, 3.8) is 0 Å². The molecule has 0 aromatic heterocycles. The van der Waals surface area contributed by atoms with E-state index in [2.05, 4.69) is 13.8 Å². The van der Waals surface area contributed by atoms with Gasteiger partial charge >= 0.3 is 0 Å². The maximum atomic E-state index is 5.02. The van der Waals surface area contributed by atoms with Crippen LogP contribution in [0.4, 0.5) is 0 Å². The molecule has 2 nitrogen and oxygen atoms in total. The molecule has 2 aliphatic rings. The zero-order valence-corrected chi connectivity index (χ0v) is 6.46. The van der Waals surface area contributed by atoms with E-state index in [9.17, 15) is 0 Å². The molecule has 2 saturated heterocycles. The third kappa shape index (κ3) is 0.552. The monoisotopic (exact) mass is 146 g/mol. The highest BCUT2D eigenvalue weighted by Crippen LogP contribution is 2.55. The zero-order valence-electron chi connectivity index (χ0n) is 5.64. The van der Waals surface area contributed by atoms with Gasteiger partial charge in [-0.15, -0.1) is 11.8 Å². The van der Waals surface area contributed by atoms with E-state index in [1.807, 2.05) is 11.8 Å². The van der Waals surface area contributed by atoms with Gasteiger partial charge in [-0.3, -0.25) is 0 Å². The fourth-order valence-electron chi connectivity index (χ4n) is 1.19. The van der Waals surface area contributed by atoms with Gasteiger partial charge in [0, 0.05) is 0 Å². The lowest BCUT2D eigenvalue weighted by Crippen LogP contribution is -2.57. The molecule has 2 rings (SSSR count). The third-order valence-corrected chi connectivity index (χ3v) is 3.76. The fourth-order valence-corrected chi connectivity index (χ4v) is 2.59. The van der Waals surface area contributed by atoms with Crippen LogP contribution in [0.3, 0.4) is 0 Å². The molecule has 9 heavy (non-hydrogen) atoms. The largest absolute Gasteiger partial charge is 0.225 e. The highest BCUT2D eigenvalue weighted by Gasteiger charge is 2.61. The molecular formula is C6H10O2S. The van der Waals surface area contributed by atoms with Crippen molar-refractivity contribution in [1.29, 1.82) is 0 Å². The van der Waals surface area contributed by atoms with Crippen molar-refractivity contribution >= 4 is 11.8 Å². The molecule has 0 bridgehead atoms. The molecule has 0 saturated carbocycles. The van der Waals surface area contributed by atoms with E-state index in [-0.39, 0.29) is 10.5 Å². The Kier molecular flexibility index (Phi) is 0.979. The predicted molar refractivity (Wildman–Crippen MR) is 36.1 cm³/mol. The molecule has 0 spiro atoms. The van der Waals surface area contributed by atoms with Gasteiger partial charge in [-0.1, -0.05) is 0 Å². The van der Waals surface area contributed by atoms with Crippen molar-refractivity contribution in [2.24, 2.45) is 0 Å². The van der Waals surface area contributed by atoms with Crippen molar-refractivity contribution < 1.29 is 9.78 Å². The first-order chi connectivity index (χ1) is 4.16. The van der Waals surface area contributed by atoms with E-state index >= 15 is 0 Å². The van der Waals surface area contributed by atoms with Crippen LogP contribution in [0.25, 0.3) is 0 Å². The Hall–Kier alpha value is 0.270. The van der Waals surface area contributed by atoms with Crippen LogP contribution in [0, 0.1) is 0 Å². The van der Waals surface area contributed by atoms with Crippen LogP contribution in [-0.4, -0.2) is 16.3 Å². The van der Waals surface area contributed by atoms with Gasteiger partial charge < -0.3 is 0 Å². The van der Waals surface area contributed by atoms with Crippen LogP contribution in [0.5, 0.6) is 0 Å². The number of fused-ring (bicyclic) bond motifs is 1. The summed E-state index contributed by atoms with van der Waals surface area (Å²) in [5, 5.41) is 0. The van der Waals surface area contributed by atoms with Gasteiger partial charge in [0.1, 0.15) is 5.60 Å². The number of thioether (sulfide) groups is 1. The molecule has 0 aliphatic carbocycles. The highest BCUT2D eigenvalue weighted by atomic mass is 32.2. The first-order valence-electron chi connectivity index (χ1n) is 3.17. The summed E-state index contributed by atoms with van der Waals surface area (Å²) >= 11 is 1.85. The number of hydrogen-bond acceptors (Lipinski definition) is 3. The number of rotatable bonds is 0. The third-order valence-electron chi connectivity index (χ3n) is 2.30. The maximum Gasteiger partial charge on any atom is 0.178 e. The second kappa shape index (κ2) is 1.47. The Morgan fingerprint density at radius 3 is 2.33 bits per heavy atom. The summed E-state index contributed by atoms with van der Waals surface area (Å²) in [6.45, 7) is 4.20. The average molecular weight is 146 g/mol. The molecule has 52 valence electrons. The van der Waals surface area contributed by atoms with Gasteiger partial charge in [0.15, 0.2) is 4.93 Å². The Morgan fingerprint density at radius 1 is 1.33 bits per heavy atom. The number of hydrogen-bond donors (Lipinski definition) is 0. The molecule has 0 amide bonds. The summed E-state index contributed by atoms with van der Waals surface area (Å²) < 4.78 is 0. The van der Waals surface area contributed by atoms with Gasteiger partial charge in [0.25, 0.3) is 0 Å². The minimum absolute atomic E-state index is 0.0116. The zero-order chi connectivity index (χ0) is 6.54. The quantitative estimate of drug-likeness (QED) is 0.483. The van der Waals surface area contributed by atoms with E-state index < -0.39 is 0 Å². The Balaban J connectivity index is 2.26. The van der Waals surface area contributed by atoms with Gasteiger partial charge in [0.2, 0.25) is 0 Å². The molecule has 3 heteroatoms. The maximum absolute atomic E-state index is 5.02. The van der Waals surface area contributed by atoms with Crippen molar-refractivity contribution in [3.8, 4) is 0 Å². The van der Waals surface area contributed by atoms with Crippen LogP contribution in [0.15, 0.2) is 0 Å². The first kappa shape index (κ1) is 6.01. The summed E-state index contributed by atoms with van der Waals surface area (Å²) in [5.41, 5.74) is 0.0116. The molecule has 2 unspecified atom stereocenters. The highest BCUT2D eigenvalue weighted by molar-refractivity contribution is 8.00. The smallest absolute Gasteiger partial charge is 0.178 e. The van der Waals surface area contributed by atoms with E-state index in [0.717, 1.165) is 12.2 Å². The summed E-state index contributed by atoms with van der Waals surface area (Å²) in [6.07, 6.45) is 1.12. The Bertz CT molecular complexity index is 134. The predicted octanol–water partition coefficient (Wildman–Crippen LogP) is 1.56. The summed E-state index contributed by atoms with van der Waals surface area (Å²) in [6, 6.07) is 0. The fraction of sp³-hybridized carbons (Fsp3) is 1.00. The van der Waals surface area contributed by atoms with Crippen LogP contribution < -0.4 is 0 Å². The normalized spacial score (nSPS) is 56.7. The molecule has 2 fully saturated rings. The van der Waals surface area contributed by atoms with Gasteiger partial charge in [-0.25, -0.2) is 9.78 Å². The molecule has 0 radical (unpaired) electrons. The van der Waals surface area contributed by atoms with E-state index in [1.165, 1.54) is 0 Å². The van der Waals surface area contributed by atoms with Crippen LogP contribution in [0.1, 0.15) is 20.3 Å². The van der Waals surface area contributed by atoms with Gasteiger partial charge in [-0.05, 0) is 26.0 Å². The average Bonchev–Trinajstić information content (AvgIpc) is 1.98. The topological polar surface area (TPSA) is 18.5 Å². The standard InChI is InChI=1S/C6H10O2S/c1-5-3-4-9-6(5,2)8-7-5/h3-4H2,1-2H3. The summed E-state index contributed by atoms with van der Waals surface area (Å²) in [5.74, 6) is 1.16. The van der Waals surface area contributed by atoms with Crippen LogP contribution in [-0.2, 0) is 9.78 Å². The summed E-state index contributed by atoms with van der Waals surface area (Å²) in [4.78, 5) is 10.00. The Morgan fingerprint density at radius 2 is 2.11 bits per heavy atom. The molecule has 2 heterocycles. The first-order valence-corrected chi connectivity index (χ1v) is 4.16. The van der Waals surface area contributed by atoms with Crippen molar-refractivity contribution in [2.75, 3.05) is 5.75 Å². The van der Waals surface area contributed by atoms with Crippen LogP contribution >= 0.6 is 11.8 Å². The molecule has 0 aromatic rings.